The number of sulfone groups is 1. The first-order valence-electron chi connectivity index (χ1n) is 4.65. The van der Waals surface area contributed by atoms with Crippen molar-refractivity contribution in [1.29, 1.82) is 0 Å². The van der Waals surface area contributed by atoms with E-state index in [-0.39, 0.29) is 18.1 Å². The van der Waals surface area contributed by atoms with Gasteiger partial charge in [-0.25, -0.2) is 13.1 Å². The van der Waals surface area contributed by atoms with Crippen LogP contribution in [0.1, 0.15) is 19.2 Å². The zero-order valence-electron chi connectivity index (χ0n) is 8.42. The third kappa shape index (κ3) is 1.74. The molecular weight excluding hydrogens is 218 g/mol. The van der Waals surface area contributed by atoms with Crippen LogP contribution in [0.3, 0.4) is 0 Å². The summed E-state index contributed by atoms with van der Waals surface area (Å²) in [6, 6.07) is 0. The number of hydrogen-bond donors (Lipinski definition) is 1. The topological polar surface area (TPSA) is 104 Å². The summed E-state index contributed by atoms with van der Waals surface area (Å²) in [5.41, 5.74) is 4.93. The molecule has 1 fully saturated rings. The van der Waals surface area contributed by atoms with Gasteiger partial charge in [0.1, 0.15) is 0 Å². The Bertz CT molecular complexity index is 467. The van der Waals surface area contributed by atoms with Gasteiger partial charge in [0.2, 0.25) is 0 Å². The molecule has 1 unspecified atom stereocenters. The predicted molar refractivity (Wildman–Crippen MR) is 52.6 cm³/mol. The van der Waals surface area contributed by atoms with E-state index in [0.29, 0.717) is 12.2 Å². The van der Waals surface area contributed by atoms with Crippen molar-refractivity contribution < 1.29 is 8.42 Å². The van der Waals surface area contributed by atoms with Gasteiger partial charge in [0.05, 0.1) is 23.6 Å². The third-order valence-electron chi connectivity index (χ3n) is 2.71. The molecular formula is C7H13N5O2S. The summed E-state index contributed by atoms with van der Waals surface area (Å²) in [6.07, 6.45) is 0.535. The molecule has 1 aliphatic rings. The van der Waals surface area contributed by atoms with Gasteiger partial charge in [-0.2, -0.15) is 0 Å². The van der Waals surface area contributed by atoms with Crippen LogP contribution in [0.15, 0.2) is 0 Å². The van der Waals surface area contributed by atoms with Crippen molar-refractivity contribution in [2.75, 3.05) is 11.5 Å². The van der Waals surface area contributed by atoms with Gasteiger partial charge in [-0.05, 0) is 23.8 Å². The molecule has 0 radical (unpaired) electrons. The van der Waals surface area contributed by atoms with Crippen molar-refractivity contribution >= 4 is 9.84 Å². The molecule has 1 aromatic rings. The van der Waals surface area contributed by atoms with Gasteiger partial charge in [0.15, 0.2) is 15.7 Å². The summed E-state index contributed by atoms with van der Waals surface area (Å²) in [7, 11) is -2.96. The number of hydrogen-bond acceptors (Lipinski definition) is 6. The van der Waals surface area contributed by atoms with E-state index in [0.717, 1.165) is 0 Å². The zero-order valence-corrected chi connectivity index (χ0v) is 9.24. The van der Waals surface area contributed by atoms with Crippen LogP contribution in [0.4, 0.5) is 0 Å². The molecule has 7 nitrogen and oxygen atoms in total. The van der Waals surface area contributed by atoms with E-state index in [1.165, 1.54) is 4.68 Å². The first-order valence-corrected chi connectivity index (χ1v) is 6.47. The number of nitrogens with zero attached hydrogens (tertiary/aromatic N) is 4. The second-order valence-electron chi connectivity index (χ2n) is 4.05. The van der Waals surface area contributed by atoms with Crippen LogP contribution in [0.2, 0.25) is 0 Å². The van der Waals surface area contributed by atoms with Gasteiger partial charge in [-0.15, -0.1) is 5.10 Å². The quantitative estimate of drug-likeness (QED) is 0.676. The molecule has 0 saturated carbocycles. The Kier molecular flexibility index (Phi) is 2.27. The van der Waals surface area contributed by atoms with Crippen LogP contribution in [0, 0.1) is 0 Å². The monoisotopic (exact) mass is 231 g/mol. The van der Waals surface area contributed by atoms with E-state index in [4.69, 9.17) is 5.73 Å². The molecule has 1 atom stereocenters. The molecule has 0 aromatic carbocycles. The maximum absolute atomic E-state index is 11.4. The summed E-state index contributed by atoms with van der Waals surface area (Å²) in [5, 5.41) is 11.1. The Hall–Kier alpha value is -1.02. The van der Waals surface area contributed by atoms with Crippen molar-refractivity contribution in [3.63, 3.8) is 0 Å². The van der Waals surface area contributed by atoms with Gasteiger partial charge < -0.3 is 5.73 Å². The first kappa shape index (κ1) is 10.5. The first-order chi connectivity index (χ1) is 6.97. The lowest BCUT2D eigenvalue weighted by Crippen LogP contribution is -2.34. The molecule has 0 spiro atoms. The van der Waals surface area contributed by atoms with Crippen molar-refractivity contribution in [3.05, 3.63) is 5.82 Å². The minimum absolute atomic E-state index is 0.0814. The molecule has 2 rings (SSSR count). The van der Waals surface area contributed by atoms with E-state index in [1.807, 2.05) is 6.92 Å². The predicted octanol–water partition coefficient (Wildman–Crippen LogP) is -1.33. The van der Waals surface area contributed by atoms with Crippen LogP contribution in [-0.2, 0) is 21.9 Å². The zero-order chi connectivity index (χ0) is 11.1. The minimum Gasteiger partial charge on any atom is -0.324 e. The maximum Gasteiger partial charge on any atom is 0.165 e. The largest absolute Gasteiger partial charge is 0.324 e. The van der Waals surface area contributed by atoms with Crippen LogP contribution < -0.4 is 5.73 Å². The maximum atomic E-state index is 11.4. The third-order valence-corrected chi connectivity index (χ3v) is 4.60. The Balaban J connectivity index is 2.39. The fourth-order valence-electron chi connectivity index (χ4n) is 1.91. The highest BCUT2D eigenvalue weighted by Gasteiger charge is 2.42. The lowest BCUT2D eigenvalue weighted by atomic mass is 10.0. The summed E-state index contributed by atoms with van der Waals surface area (Å²) in [5.74, 6) is 0.792. The second kappa shape index (κ2) is 3.24. The molecule has 2 N–H and O–H groups in total. The van der Waals surface area contributed by atoms with Crippen LogP contribution >= 0.6 is 0 Å². The number of nitrogens with two attached hydrogens (primary N) is 1. The Morgan fingerprint density at radius 1 is 1.60 bits per heavy atom. The molecule has 84 valence electrons. The van der Waals surface area contributed by atoms with Crippen LogP contribution in [0.5, 0.6) is 0 Å². The average molecular weight is 231 g/mol. The molecule has 0 amide bonds. The normalized spacial score (nSPS) is 29.5. The van der Waals surface area contributed by atoms with Crippen LogP contribution in [0.25, 0.3) is 0 Å². The minimum atomic E-state index is -2.96. The van der Waals surface area contributed by atoms with E-state index < -0.39 is 15.4 Å². The molecule has 15 heavy (non-hydrogen) atoms. The summed E-state index contributed by atoms with van der Waals surface area (Å²) >= 11 is 0. The summed E-state index contributed by atoms with van der Waals surface area (Å²) in [4.78, 5) is 0. The van der Waals surface area contributed by atoms with Gasteiger partial charge in [-0.3, -0.25) is 0 Å². The Labute approximate surface area is 87.6 Å². The fourth-order valence-corrected chi connectivity index (χ4v) is 4.02. The molecule has 8 heteroatoms. The second-order valence-corrected chi connectivity index (χ2v) is 6.23. The molecule has 0 aliphatic carbocycles. The molecule has 1 aliphatic heterocycles. The standard InChI is InChI=1S/C7H13N5O2S/c1-7(2-3-15(13,14)5-7)12-6(4-8)9-10-11-12/h2-5,8H2,1H3. The molecule has 2 heterocycles. The van der Waals surface area contributed by atoms with E-state index in [1.54, 1.807) is 0 Å². The lowest BCUT2D eigenvalue weighted by molar-refractivity contribution is 0.311. The van der Waals surface area contributed by atoms with E-state index in [9.17, 15) is 8.42 Å². The highest BCUT2D eigenvalue weighted by atomic mass is 32.2. The summed E-state index contributed by atoms with van der Waals surface area (Å²) in [6.45, 7) is 2.05. The van der Waals surface area contributed by atoms with E-state index >= 15 is 0 Å². The fraction of sp³-hybridized carbons (Fsp3) is 0.857. The van der Waals surface area contributed by atoms with Crippen molar-refractivity contribution in [2.24, 2.45) is 5.73 Å². The number of rotatable bonds is 2. The van der Waals surface area contributed by atoms with Crippen molar-refractivity contribution in [1.82, 2.24) is 20.2 Å². The smallest absolute Gasteiger partial charge is 0.165 e. The Morgan fingerprint density at radius 2 is 2.33 bits per heavy atom. The van der Waals surface area contributed by atoms with Crippen molar-refractivity contribution in [2.45, 2.75) is 25.4 Å². The van der Waals surface area contributed by atoms with Gasteiger partial charge >= 0.3 is 0 Å². The number of tetrazole rings is 1. The highest BCUT2D eigenvalue weighted by Crippen LogP contribution is 2.30. The van der Waals surface area contributed by atoms with Gasteiger partial charge in [0, 0.05) is 0 Å². The molecule has 0 bridgehead atoms. The molecule has 1 aromatic heterocycles. The Morgan fingerprint density at radius 3 is 2.87 bits per heavy atom. The van der Waals surface area contributed by atoms with Crippen molar-refractivity contribution in [3.8, 4) is 0 Å². The van der Waals surface area contributed by atoms with Gasteiger partial charge in [0.25, 0.3) is 0 Å². The van der Waals surface area contributed by atoms with Crippen LogP contribution in [-0.4, -0.2) is 40.1 Å². The summed E-state index contributed by atoms with van der Waals surface area (Å²) < 4.78 is 24.4. The van der Waals surface area contributed by atoms with Gasteiger partial charge in [-0.1, -0.05) is 0 Å². The number of aromatic nitrogens is 4. The SMILES string of the molecule is CC1(n2nnnc2CN)CCS(=O)(=O)C1. The average Bonchev–Trinajstić information content (AvgIpc) is 2.71. The molecule has 1 saturated heterocycles. The van der Waals surface area contributed by atoms with E-state index in [2.05, 4.69) is 15.5 Å². The lowest BCUT2D eigenvalue weighted by Gasteiger charge is -2.22. The highest BCUT2D eigenvalue weighted by molar-refractivity contribution is 7.91.